The molecule has 0 amide bonds. The highest BCUT2D eigenvalue weighted by Gasteiger charge is 2.25. The number of nitrogens with one attached hydrogen (secondary N) is 1. The molecular weight excluding hydrogens is 232 g/mol. The predicted octanol–water partition coefficient (Wildman–Crippen LogP) is 1.84. The molecule has 0 saturated carbocycles. The van der Waals surface area contributed by atoms with Gasteiger partial charge in [0, 0.05) is 5.02 Å². The topological polar surface area (TPSA) is 61.1 Å². The molecule has 2 rings (SSSR count). The van der Waals surface area contributed by atoms with E-state index in [4.69, 9.17) is 16.7 Å². The number of benzene rings is 1. The molecule has 0 heterocycles. The first-order valence-corrected chi connectivity index (χ1v) is 6.47. The van der Waals surface area contributed by atoms with Crippen molar-refractivity contribution in [3.63, 3.8) is 0 Å². The molecule has 0 spiro atoms. The minimum absolute atomic E-state index is 0.0216. The average molecular weight is 245 g/mol. The van der Waals surface area contributed by atoms with Crippen LogP contribution in [-0.2, 0) is 18.0 Å². The molecule has 3 N–H and O–H groups in total. The summed E-state index contributed by atoms with van der Waals surface area (Å²) in [5, 5.41) is 5.98. The van der Waals surface area contributed by atoms with E-state index in [0.717, 1.165) is 29.8 Å². The summed E-state index contributed by atoms with van der Waals surface area (Å²) in [6, 6.07) is 5.89. The van der Waals surface area contributed by atoms with Gasteiger partial charge in [0.05, 0.1) is 6.04 Å². The molecule has 2 unspecified atom stereocenters. The predicted molar refractivity (Wildman–Crippen MR) is 62.6 cm³/mol. The summed E-state index contributed by atoms with van der Waals surface area (Å²) in [5.41, 5.74) is 2.29. The number of nitrogens with two attached hydrogens (primary N) is 1. The second-order valence-electron chi connectivity index (χ2n) is 3.67. The fourth-order valence-corrected chi connectivity index (χ4v) is 2.93. The largest absolute Gasteiger partial charge is 0.579 e. The maximum Gasteiger partial charge on any atom is 0.132 e. The molecule has 2 atom stereocenters. The molecule has 1 aromatic rings. The summed E-state index contributed by atoms with van der Waals surface area (Å²) in [4.78, 5) is 0. The minimum atomic E-state index is -1.49. The van der Waals surface area contributed by atoms with Gasteiger partial charge in [-0.1, -0.05) is 23.7 Å². The number of rotatable bonds is 2. The summed E-state index contributed by atoms with van der Waals surface area (Å²) in [7, 11) is 0. The molecule has 0 aliphatic heterocycles. The molecule has 1 aliphatic rings. The van der Waals surface area contributed by atoms with Crippen LogP contribution in [0.1, 0.15) is 30.0 Å². The van der Waals surface area contributed by atoms with E-state index >= 15 is 0 Å². The molecule has 0 saturated heterocycles. The molecule has 82 valence electrons. The van der Waals surface area contributed by atoms with E-state index in [1.807, 2.05) is 12.1 Å². The first-order chi connectivity index (χ1) is 7.18. The van der Waals surface area contributed by atoms with Gasteiger partial charge in [-0.05, 0) is 36.5 Å². The van der Waals surface area contributed by atoms with Crippen molar-refractivity contribution in [3.8, 4) is 0 Å². The lowest BCUT2D eigenvalue weighted by molar-refractivity contribution is 0.508. The Labute approximate surface area is 97.4 Å². The van der Waals surface area contributed by atoms with Gasteiger partial charge in [-0.3, -0.25) is 0 Å². The fraction of sp³-hybridized carbons (Fsp3) is 0.400. The molecule has 3 nitrogen and oxygen atoms in total. The van der Waals surface area contributed by atoms with Crippen LogP contribution in [0.25, 0.3) is 0 Å². The Kier molecular flexibility index (Phi) is 3.53. The highest BCUT2D eigenvalue weighted by atomic mass is 35.5. The lowest BCUT2D eigenvalue weighted by Crippen LogP contribution is -2.36. The van der Waals surface area contributed by atoms with Crippen LogP contribution >= 0.6 is 11.6 Å². The normalized spacial score (nSPS) is 22.2. The highest BCUT2D eigenvalue weighted by molar-refractivity contribution is 7.87. The zero-order valence-corrected chi connectivity index (χ0v) is 9.77. The van der Waals surface area contributed by atoms with Crippen molar-refractivity contribution < 1.29 is 4.55 Å². The highest BCUT2D eigenvalue weighted by Crippen LogP contribution is 2.34. The summed E-state index contributed by atoms with van der Waals surface area (Å²) >= 11 is 4.65. The van der Waals surface area contributed by atoms with E-state index in [9.17, 15) is 4.55 Å². The summed E-state index contributed by atoms with van der Waals surface area (Å²) in [6.45, 7) is 0. The first kappa shape index (κ1) is 11.2. The Morgan fingerprint density at radius 1 is 1.53 bits per heavy atom. The van der Waals surface area contributed by atoms with Crippen molar-refractivity contribution in [1.82, 2.24) is 4.72 Å². The summed E-state index contributed by atoms with van der Waals surface area (Å²) < 4.78 is 13.8. The Bertz CT molecular complexity index is 359. The maximum atomic E-state index is 11.0. The average Bonchev–Trinajstić information content (AvgIpc) is 2.17. The lowest BCUT2D eigenvalue weighted by Gasteiger charge is -2.25. The van der Waals surface area contributed by atoms with E-state index in [2.05, 4.69) is 10.8 Å². The molecule has 5 heteroatoms. The number of fused-ring (bicyclic) bond motifs is 1. The van der Waals surface area contributed by atoms with Crippen molar-refractivity contribution in [2.45, 2.75) is 25.3 Å². The molecule has 0 fully saturated rings. The van der Waals surface area contributed by atoms with Gasteiger partial charge in [0.15, 0.2) is 0 Å². The zero-order valence-electron chi connectivity index (χ0n) is 8.20. The molecule has 1 aromatic carbocycles. The SMILES string of the molecule is N[S+]([O-])NC1CCCc2cccc(Cl)c21. The number of aryl methyl sites for hydroxylation is 1. The van der Waals surface area contributed by atoms with Gasteiger partial charge < -0.3 is 4.55 Å². The third-order valence-electron chi connectivity index (χ3n) is 2.69. The first-order valence-electron chi connectivity index (χ1n) is 4.88. The van der Waals surface area contributed by atoms with Gasteiger partial charge in [-0.2, -0.15) is 0 Å². The molecular formula is C10H13ClN2OS. The van der Waals surface area contributed by atoms with Crippen LogP contribution in [0.5, 0.6) is 0 Å². The van der Waals surface area contributed by atoms with Gasteiger partial charge in [0.1, 0.15) is 11.5 Å². The number of hydrogen-bond donors (Lipinski definition) is 2. The Balaban J connectivity index is 2.32. The second-order valence-corrected chi connectivity index (χ2v) is 4.91. The van der Waals surface area contributed by atoms with E-state index < -0.39 is 11.5 Å². The van der Waals surface area contributed by atoms with Crippen LogP contribution in [0, 0.1) is 0 Å². The van der Waals surface area contributed by atoms with Crippen LogP contribution in [0.4, 0.5) is 0 Å². The molecule has 0 aromatic heterocycles. The van der Waals surface area contributed by atoms with Crippen LogP contribution in [0.2, 0.25) is 5.02 Å². The van der Waals surface area contributed by atoms with Gasteiger partial charge >= 0.3 is 0 Å². The molecule has 1 aliphatic carbocycles. The van der Waals surface area contributed by atoms with E-state index in [0.29, 0.717) is 0 Å². The van der Waals surface area contributed by atoms with Gasteiger partial charge in [-0.25, -0.2) is 0 Å². The quantitative estimate of drug-likeness (QED) is 0.781. The van der Waals surface area contributed by atoms with Crippen LogP contribution in [-0.4, -0.2) is 4.55 Å². The van der Waals surface area contributed by atoms with Crippen molar-refractivity contribution in [2.24, 2.45) is 5.14 Å². The van der Waals surface area contributed by atoms with Gasteiger partial charge in [0.25, 0.3) is 0 Å². The Morgan fingerprint density at radius 2 is 2.33 bits per heavy atom. The van der Waals surface area contributed by atoms with Crippen molar-refractivity contribution in [1.29, 1.82) is 0 Å². The second kappa shape index (κ2) is 4.72. The molecule has 0 bridgehead atoms. The van der Waals surface area contributed by atoms with E-state index in [1.165, 1.54) is 5.56 Å². The zero-order chi connectivity index (χ0) is 10.8. The Hall–Kier alpha value is -0.260. The van der Waals surface area contributed by atoms with E-state index in [1.54, 1.807) is 0 Å². The van der Waals surface area contributed by atoms with Gasteiger partial charge in [-0.15, -0.1) is 9.86 Å². The third kappa shape index (κ3) is 2.46. The van der Waals surface area contributed by atoms with Crippen LogP contribution < -0.4 is 9.86 Å². The number of halogens is 1. The monoisotopic (exact) mass is 244 g/mol. The van der Waals surface area contributed by atoms with Gasteiger partial charge in [0.2, 0.25) is 0 Å². The smallest absolute Gasteiger partial charge is 0.132 e. The standard InChI is InChI=1S/C10H13ClN2OS/c11-8-5-1-3-7-4-2-6-9(10(7)8)13-15(12)14/h1,3,5,9,13H,2,4,6,12H2. The molecule has 15 heavy (non-hydrogen) atoms. The fourth-order valence-electron chi connectivity index (χ4n) is 2.09. The van der Waals surface area contributed by atoms with Crippen molar-refractivity contribution >= 4 is 23.1 Å². The maximum absolute atomic E-state index is 11.0. The minimum Gasteiger partial charge on any atom is -0.579 e. The van der Waals surface area contributed by atoms with Crippen molar-refractivity contribution in [3.05, 3.63) is 34.3 Å². The lowest BCUT2D eigenvalue weighted by atomic mass is 9.88. The van der Waals surface area contributed by atoms with Crippen molar-refractivity contribution in [2.75, 3.05) is 0 Å². The van der Waals surface area contributed by atoms with E-state index in [-0.39, 0.29) is 6.04 Å². The summed E-state index contributed by atoms with van der Waals surface area (Å²) in [5.74, 6) is 0. The Morgan fingerprint density at radius 3 is 3.07 bits per heavy atom. The van der Waals surface area contributed by atoms with Crippen LogP contribution in [0.3, 0.4) is 0 Å². The summed E-state index contributed by atoms with van der Waals surface area (Å²) in [6.07, 6.45) is 3.03. The number of hydrogen-bond acceptors (Lipinski definition) is 3. The third-order valence-corrected chi connectivity index (χ3v) is 3.54. The molecule has 0 radical (unpaired) electrons. The van der Waals surface area contributed by atoms with Crippen LogP contribution in [0.15, 0.2) is 18.2 Å².